The molecule has 9 nitrogen and oxygen atoms in total. The number of quaternary nitrogens is 2. The third kappa shape index (κ3) is 25.3. The summed E-state index contributed by atoms with van der Waals surface area (Å²) in [4.78, 5) is 28.9. The van der Waals surface area contributed by atoms with Gasteiger partial charge >= 0.3 is 5.97 Å². The Morgan fingerprint density at radius 2 is 1.65 bits per heavy atom. The van der Waals surface area contributed by atoms with Gasteiger partial charge in [0.15, 0.2) is 6.54 Å². The molecule has 0 aromatic heterocycles. The molecule has 0 aliphatic carbocycles. The summed E-state index contributed by atoms with van der Waals surface area (Å²) in [7, 11) is 0. The topological polar surface area (TPSA) is 208 Å². The van der Waals surface area contributed by atoms with E-state index in [9.17, 15) is 24.6 Å². The van der Waals surface area contributed by atoms with Crippen molar-refractivity contribution in [2.75, 3.05) is 6.54 Å². The molecule has 0 saturated carbocycles. The van der Waals surface area contributed by atoms with Gasteiger partial charge in [-0.05, 0) is 12.8 Å². The molecular weight excluding hydrogens is 278 g/mol. The zero-order chi connectivity index (χ0) is 12.4. The summed E-state index contributed by atoms with van der Waals surface area (Å²) >= 11 is 0. The molecule has 0 fully saturated rings. The second-order valence-electron chi connectivity index (χ2n) is 2.48. The van der Waals surface area contributed by atoms with E-state index in [2.05, 4.69) is 5.73 Å². The van der Waals surface area contributed by atoms with Gasteiger partial charge in [-0.3, -0.25) is 0 Å². The molecule has 1 atom stereocenters. The Hall–Kier alpha value is -1.19. The van der Waals surface area contributed by atoms with Gasteiger partial charge in [-0.1, -0.05) is 0 Å². The fourth-order valence-electron chi connectivity index (χ4n) is 0.391. The molecule has 0 aromatic rings. The van der Waals surface area contributed by atoms with Gasteiger partial charge in [-0.2, -0.15) is 0 Å². The van der Waals surface area contributed by atoms with Gasteiger partial charge in [0.05, 0.1) is 5.97 Å². The minimum Gasteiger partial charge on any atom is -0.550 e. The Morgan fingerprint density at radius 1 is 1.29 bits per heavy atom. The summed E-state index contributed by atoms with van der Waals surface area (Å²) < 4.78 is 0. The fraction of sp³-hybridized carbons (Fsp3) is 0.571. The van der Waals surface area contributed by atoms with Gasteiger partial charge in [0, 0.05) is 29.1 Å². The quantitative estimate of drug-likeness (QED) is 0.363. The summed E-state index contributed by atoms with van der Waals surface area (Å²) in [5.74, 6) is -3.61. The van der Waals surface area contributed by atoms with Crippen LogP contribution in [0.3, 0.4) is 0 Å². The van der Waals surface area contributed by atoms with E-state index in [0.29, 0.717) is 0 Å². The van der Waals surface area contributed by atoms with Crippen molar-refractivity contribution >= 4 is 17.9 Å². The van der Waals surface area contributed by atoms with Crippen LogP contribution in [0.25, 0.3) is 0 Å². The van der Waals surface area contributed by atoms with E-state index < -0.39 is 23.9 Å². The maximum absolute atomic E-state index is 9.86. The van der Waals surface area contributed by atoms with Crippen LogP contribution in [0, 0.1) is 0 Å². The molecule has 10 heteroatoms. The third-order valence-electron chi connectivity index (χ3n) is 1.18. The van der Waals surface area contributed by atoms with Crippen LogP contribution in [-0.4, -0.2) is 35.6 Å². The van der Waals surface area contributed by atoms with Crippen LogP contribution >= 0.6 is 0 Å². The normalized spacial score (nSPS) is 9.53. The van der Waals surface area contributed by atoms with Crippen LogP contribution in [0.15, 0.2) is 0 Å². The molecule has 0 heterocycles. The summed E-state index contributed by atoms with van der Waals surface area (Å²) in [6.07, 6.45) is -0.500. The molecule has 0 rings (SSSR count). The summed E-state index contributed by atoms with van der Waals surface area (Å²) in [5.41, 5.74) is 8.00. The van der Waals surface area contributed by atoms with E-state index in [1.165, 1.54) is 0 Å². The van der Waals surface area contributed by atoms with Crippen molar-refractivity contribution < 1.29 is 52.5 Å². The second-order valence-corrected chi connectivity index (χ2v) is 2.48. The Labute approximate surface area is 108 Å². The molecule has 0 aliphatic rings. The Morgan fingerprint density at radius 3 is 1.82 bits per heavy atom. The Balaban J connectivity index is -0.000000105. The average Bonchev–Trinajstić information content (AvgIpc) is 2.14. The zero-order valence-electron chi connectivity index (χ0n) is 9.33. The molecule has 1 unspecified atom stereocenters. The number of aliphatic carboxylic acids is 3. The minimum atomic E-state index is -1.44. The van der Waals surface area contributed by atoms with E-state index in [1.807, 2.05) is 0 Å². The first kappa shape index (κ1) is 24.9. The Kier molecular flexibility index (Phi) is 21.7. The molecule has 0 spiro atoms. The average molecular weight is 295 g/mol. The van der Waals surface area contributed by atoms with Crippen LogP contribution in [-0.2, 0) is 31.5 Å². The molecule has 104 valence electrons. The monoisotopic (exact) mass is 295 g/mol. The number of carbonyl (C=O) groups excluding carboxylic acids is 2. The predicted molar refractivity (Wildman–Crippen MR) is 48.6 cm³/mol. The maximum Gasteiger partial charge on any atom is 0.359 e. The number of nitrogens with two attached hydrogens (primary N) is 1. The summed E-state index contributed by atoms with van der Waals surface area (Å²) in [5, 5.41) is 27.3. The smallest absolute Gasteiger partial charge is 0.359 e. The largest absolute Gasteiger partial charge is 0.550 e. The summed E-state index contributed by atoms with van der Waals surface area (Å²) in [6, 6.07) is -1.21. The third-order valence-corrected chi connectivity index (χ3v) is 1.18. The maximum atomic E-state index is 9.86. The Bertz CT molecular complexity index is 238. The number of carboxylic acids is 3. The van der Waals surface area contributed by atoms with Crippen LogP contribution in [0.4, 0.5) is 0 Å². The number of carbonyl (C=O) groups is 3. The van der Waals surface area contributed by atoms with Crippen molar-refractivity contribution in [3.05, 3.63) is 0 Å². The van der Waals surface area contributed by atoms with E-state index in [-0.39, 0.29) is 42.6 Å². The SMILES string of the molecule is NC(CCC(=O)[O-])C(=O)[O-].[Fe].[NH3+]CC(=O)O.[NH4+]. The molecule has 0 saturated heterocycles. The first-order chi connectivity index (χ1) is 6.81. The molecule has 0 aliphatic heterocycles. The van der Waals surface area contributed by atoms with E-state index in [1.54, 1.807) is 0 Å². The summed E-state index contributed by atoms with van der Waals surface area (Å²) in [6.45, 7) is -0.0278. The van der Waals surface area contributed by atoms with Crippen molar-refractivity contribution in [3.63, 3.8) is 0 Å². The van der Waals surface area contributed by atoms with Gasteiger partial charge in [0.25, 0.3) is 0 Å². The first-order valence-electron chi connectivity index (χ1n) is 3.98. The second kappa shape index (κ2) is 14.8. The van der Waals surface area contributed by atoms with Crippen LogP contribution < -0.4 is 27.8 Å². The number of rotatable bonds is 5. The van der Waals surface area contributed by atoms with Crippen molar-refractivity contribution in [1.82, 2.24) is 6.15 Å². The van der Waals surface area contributed by atoms with E-state index in [0.717, 1.165) is 0 Å². The van der Waals surface area contributed by atoms with Crippen LogP contribution in [0.5, 0.6) is 0 Å². The van der Waals surface area contributed by atoms with E-state index in [4.69, 9.17) is 10.8 Å². The molecule has 0 radical (unpaired) electrons. The molecule has 10 N–H and O–H groups in total. The number of hydrogen-bond acceptors (Lipinski definition) is 6. The molecule has 0 amide bonds. The van der Waals surface area contributed by atoms with Gasteiger partial charge in [-0.15, -0.1) is 0 Å². The van der Waals surface area contributed by atoms with Crippen molar-refractivity contribution in [1.29, 1.82) is 0 Å². The molecular formula is C7H17FeN3O6. The zero-order valence-corrected chi connectivity index (χ0v) is 10.4. The standard InChI is InChI=1S/C5H9NO4.C2H5NO2.Fe.H3N/c6-3(5(9)10)1-2-4(7)8;3-1-2(4)5;;/h3H,1-2,6H2,(H,7,8)(H,9,10);1,3H2,(H,4,5);;1H3. The fourth-order valence-corrected chi connectivity index (χ4v) is 0.391. The van der Waals surface area contributed by atoms with Gasteiger partial charge in [-0.25, -0.2) is 4.79 Å². The van der Waals surface area contributed by atoms with Crippen LogP contribution in [0.2, 0.25) is 0 Å². The van der Waals surface area contributed by atoms with Gasteiger partial charge < -0.3 is 42.5 Å². The van der Waals surface area contributed by atoms with Crippen LogP contribution in [0.1, 0.15) is 12.8 Å². The number of hydrogen-bond donors (Lipinski definition) is 4. The first-order valence-corrected chi connectivity index (χ1v) is 3.98. The molecule has 17 heavy (non-hydrogen) atoms. The molecule has 0 bridgehead atoms. The van der Waals surface area contributed by atoms with Crippen molar-refractivity contribution in [2.24, 2.45) is 5.73 Å². The van der Waals surface area contributed by atoms with Gasteiger partial charge in [0.1, 0.15) is 0 Å². The van der Waals surface area contributed by atoms with Crippen molar-refractivity contribution in [2.45, 2.75) is 18.9 Å². The minimum absolute atomic E-state index is 0. The number of carboxylic acid groups (broad SMARTS) is 3. The van der Waals surface area contributed by atoms with Gasteiger partial charge in [0.2, 0.25) is 0 Å². The predicted octanol–water partition coefficient (Wildman–Crippen LogP) is -4.72. The van der Waals surface area contributed by atoms with Crippen molar-refractivity contribution in [3.8, 4) is 0 Å². The van der Waals surface area contributed by atoms with E-state index >= 15 is 0 Å². The molecule has 0 aromatic carbocycles.